The number of hydrogen-bond acceptors (Lipinski definition) is 8. The number of nitrogens with zero attached hydrogens (tertiary/aromatic N) is 6. The van der Waals surface area contributed by atoms with Crippen LogP contribution in [0, 0.1) is 13.8 Å². The van der Waals surface area contributed by atoms with Crippen LogP contribution in [0.3, 0.4) is 0 Å². The molecule has 0 fully saturated rings. The molecule has 0 unspecified atom stereocenters. The molecular formula is C17H20N6O3S. The average molecular weight is 388 g/mol. The van der Waals surface area contributed by atoms with E-state index in [0.29, 0.717) is 29.0 Å². The lowest BCUT2D eigenvalue weighted by atomic mass is 10.4. The minimum Gasteiger partial charge on any atom is -0.459 e. The highest BCUT2D eigenvalue weighted by Crippen LogP contribution is 2.21. The molecule has 0 bridgehead atoms. The van der Waals surface area contributed by atoms with Gasteiger partial charge in [0.05, 0.1) is 5.69 Å². The molecule has 3 aromatic rings. The third-order valence-corrected chi connectivity index (χ3v) is 4.72. The molecule has 3 rings (SSSR count). The van der Waals surface area contributed by atoms with E-state index in [1.54, 1.807) is 14.8 Å². The molecule has 0 spiro atoms. The largest absolute Gasteiger partial charge is 0.459 e. The van der Waals surface area contributed by atoms with Gasteiger partial charge in [0.25, 0.3) is 5.78 Å². The first-order chi connectivity index (χ1) is 12.9. The number of anilines is 1. The van der Waals surface area contributed by atoms with Gasteiger partial charge in [-0.15, -0.1) is 16.4 Å². The maximum absolute atomic E-state index is 12.1. The molecule has 0 saturated heterocycles. The quantitative estimate of drug-likeness (QED) is 0.594. The van der Waals surface area contributed by atoms with Gasteiger partial charge in [-0.2, -0.15) is 4.98 Å². The minimum absolute atomic E-state index is 0.0363. The van der Waals surface area contributed by atoms with Crippen LogP contribution in [0.25, 0.3) is 5.78 Å². The molecule has 0 saturated carbocycles. The van der Waals surface area contributed by atoms with Gasteiger partial charge < -0.3 is 4.74 Å². The number of esters is 1. The summed E-state index contributed by atoms with van der Waals surface area (Å²) in [4.78, 5) is 38.1. The van der Waals surface area contributed by atoms with Crippen molar-refractivity contribution >= 4 is 34.1 Å². The maximum Gasteiger partial charge on any atom is 0.313 e. The zero-order valence-corrected chi connectivity index (χ0v) is 16.4. The van der Waals surface area contributed by atoms with Crippen LogP contribution >= 0.6 is 11.3 Å². The molecule has 9 nitrogen and oxygen atoms in total. The fourth-order valence-electron chi connectivity index (χ4n) is 2.60. The van der Waals surface area contributed by atoms with Crippen LogP contribution in [-0.4, -0.2) is 43.0 Å². The van der Waals surface area contributed by atoms with Gasteiger partial charge in [-0.1, -0.05) is 0 Å². The summed E-state index contributed by atoms with van der Waals surface area (Å²) in [6.45, 7) is 7.72. The maximum atomic E-state index is 12.1. The van der Waals surface area contributed by atoms with E-state index in [1.165, 1.54) is 18.3 Å². The Morgan fingerprint density at radius 2 is 2.04 bits per heavy atom. The molecule has 0 atom stereocenters. The van der Waals surface area contributed by atoms with Gasteiger partial charge in [-0.3, -0.25) is 14.5 Å². The number of rotatable bonds is 6. The first-order valence-electron chi connectivity index (χ1n) is 8.45. The highest BCUT2D eigenvalue weighted by Gasteiger charge is 2.16. The summed E-state index contributed by atoms with van der Waals surface area (Å²) in [5, 5.41) is 6.65. The van der Waals surface area contributed by atoms with E-state index in [9.17, 15) is 9.59 Å². The Hall–Kier alpha value is -2.88. The van der Waals surface area contributed by atoms with Crippen LogP contribution in [0.1, 0.15) is 36.8 Å². The molecular weight excluding hydrogens is 368 g/mol. The molecule has 10 heteroatoms. The highest BCUT2D eigenvalue weighted by molar-refractivity contribution is 7.14. The van der Waals surface area contributed by atoms with E-state index in [0.717, 1.165) is 11.4 Å². The Labute approximate surface area is 160 Å². The molecule has 0 aromatic carbocycles. The Morgan fingerprint density at radius 3 is 2.74 bits per heavy atom. The van der Waals surface area contributed by atoms with Crippen LogP contribution in [0.5, 0.6) is 0 Å². The Balaban J connectivity index is 1.61. The summed E-state index contributed by atoms with van der Waals surface area (Å²) in [5.74, 6) is 0.290. The fourth-order valence-corrected chi connectivity index (χ4v) is 3.51. The molecule has 0 N–H and O–H groups in total. The smallest absolute Gasteiger partial charge is 0.313 e. The van der Waals surface area contributed by atoms with Gasteiger partial charge >= 0.3 is 5.97 Å². The van der Waals surface area contributed by atoms with Crippen molar-refractivity contribution in [1.82, 2.24) is 24.6 Å². The van der Waals surface area contributed by atoms with Crippen molar-refractivity contribution in [3.05, 3.63) is 34.4 Å². The number of ether oxygens (including phenoxy) is 1. The second-order valence-corrected chi connectivity index (χ2v) is 6.84. The predicted octanol–water partition coefficient (Wildman–Crippen LogP) is 1.86. The Bertz CT molecular complexity index is 996. The van der Waals surface area contributed by atoms with Crippen molar-refractivity contribution in [1.29, 1.82) is 0 Å². The van der Waals surface area contributed by atoms with Gasteiger partial charge in [0.2, 0.25) is 5.91 Å². The van der Waals surface area contributed by atoms with Crippen molar-refractivity contribution in [2.24, 2.45) is 0 Å². The zero-order valence-electron chi connectivity index (χ0n) is 15.6. The molecule has 3 aromatic heterocycles. The number of fused-ring (bicyclic) bond motifs is 1. The van der Waals surface area contributed by atoms with Crippen LogP contribution in [0.4, 0.5) is 5.13 Å². The van der Waals surface area contributed by atoms with Crippen LogP contribution in [-0.2, 0) is 27.4 Å². The topological polar surface area (TPSA) is 103 Å². The van der Waals surface area contributed by atoms with E-state index in [-0.39, 0.29) is 18.9 Å². The van der Waals surface area contributed by atoms with E-state index < -0.39 is 5.97 Å². The van der Waals surface area contributed by atoms with Crippen molar-refractivity contribution in [2.45, 2.75) is 40.7 Å². The van der Waals surface area contributed by atoms with Crippen LogP contribution in [0.15, 0.2) is 11.4 Å². The normalized spacial score (nSPS) is 11.0. The number of aryl methyl sites for hydroxylation is 2. The number of amides is 1. The summed E-state index contributed by atoms with van der Waals surface area (Å²) in [7, 11) is 0. The average Bonchev–Trinajstić information content (AvgIpc) is 3.20. The lowest BCUT2D eigenvalue weighted by molar-refractivity contribution is -0.144. The minimum atomic E-state index is -0.450. The first-order valence-corrected chi connectivity index (χ1v) is 9.33. The van der Waals surface area contributed by atoms with Crippen LogP contribution < -0.4 is 4.90 Å². The molecule has 142 valence electrons. The van der Waals surface area contributed by atoms with Gasteiger partial charge in [0.1, 0.15) is 13.0 Å². The van der Waals surface area contributed by atoms with Crippen molar-refractivity contribution in [3.8, 4) is 0 Å². The second-order valence-electron chi connectivity index (χ2n) is 6.00. The molecule has 0 aliphatic carbocycles. The third kappa shape index (κ3) is 4.27. The Kier molecular flexibility index (Phi) is 5.45. The molecule has 0 aliphatic heterocycles. The molecule has 1 amide bonds. The molecule has 27 heavy (non-hydrogen) atoms. The SMILES string of the molecule is CCN(C(C)=O)c1nc(COC(=O)Cc2nc3nc(C)cc(C)n3n2)cs1. The van der Waals surface area contributed by atoms with Gasteiger partial charge in [-0.25, -0.2) is 14.5 Å². The number of carbonyl (C=O) groups excluding carboxylic acids is 2. The van der Waals surface area contributed by atoms with Crippen molar-refractivity contribution < 1.29 is 14.3 Å². The lowest BCUT2D eigenvalue weighted by Gasteiger charge is -2.14. The number of hydrogen-bond donors (Lipinski definition) is 0. The Morgan fingerprint density at radius 1 is 1.26 bits per heavy atom. The summed E-state index contributed by atoms with van der Waals surface area (Å²) in [6, 6.07) is 1.89. The molecule has 0 radical (unpaired) electrons. The fraction of sp³-hybridized carbons (Fsp3) is 0.412. The van der Waals surface area contributed by atoms with Crippen molar-refractivity contribution in [3.63, 3.8) is 0 Å². The van der Waals surface area contributed by atoms with E-state index in [1.807, 2.05) is 26.8 Å². The van der Waals surface area contributed by atoms with Gasteiger partial charge in [0.15, 0.2) is 11.0 Å². The highest BCUT2D eigenvalue weighted by atomic mass is 32.1. The lowest BCUT2D eigenvalue weighted by Crippen LogP contribution is -2.27. The van der Waals surface area contributed by atoms with Crippen LogP contribution in [0.2, 0.25) is 0 Å². The number of carbonyl (C=O) groups is 2. The summed E-state index contributed by atoms with van der Waals surface area (Å²) >= 11 is 1.34. The van der Waals surface area contributed by atoms with E-state index in [2.05, 4.69) is 20.1 Å². The standard InChI is InChI=1S/C17H20N6O3S/c1-5-22(12(4)24)17-19-13(9-27-17)8-26-15(25)7-14-20-16-18-10(2)6-11(3)23(16)21-14/h6,9H,5,7-8H2,1-4H3. The zero-order chi connectivity index (χ0) is 19.6. The number of aromatic nitrogens is 5. The van der Waals surface area contributed by atoms with E-state index in [4.69, 9.17) is 4.74 Å². The predicted molar refractivity (Wildman–Crippen MR) is 99.6 cm³/mol. The monoisotopic (exact) mass is 388 g/mol. The second kappa shape index (κ2) is 7.78. The van der Waals surface area contributed by atoms with Gasteiger partial charge in [0, 0.05) is 30.2 Å². The third-order valence-electron chi connectivity index (χ3n) is 3.81. The molecule has 0 aliphatic rings. The summed E-state index contributed by atoms with van der Waals surface area (Å²) in [6.07, 6.45) is -0.0482. The van der Waals surface area contributed by atoms with Gasteiger partial charge in [-0.05, 0) is 26.8 Å². The first kappa shape index (κ1) is 18.9. The summed E-state index contributed by atoms with van der Waals surface area (Å²) < 4.78 is 6.86. The summed E-state index contributed by atoms with van der Waals surface area (Å²) in [5.41, 5.74) is 2.33. The molecule has 3 heterocycles. The number of thiazole rings is 1. The van der Waals surface area contributed by atoms with E-state index >= 15 is 0 Å². The van der Waals surface area contributed by atoms with Crippen molar-refractivity contribution in [2.75, 3.05) is 11.4 Å².